The molecule has 0 amide bonds. The van der Waals surface area contributed by atoms with Gasteiger partial charge < -0.3 is 10.5 Å². The van der Waals surface area contributed by atoms with Crippen LogP contribution in [0.25, 0.3) is 0 Å². The lowest BCUT2D eigenvalue weighted by Crippen LogP contribution is -2.25. The Hall–Kier alpha value is -0.0800. The molecule has 0 aliphatic carbocycles. The van der Waals surface area contributed by atoms with E-state index < -0.39 is 0 Å². The van der Waals surface area contributed by atoms with Gasteiger partial charge in [-0.1, -0.05) is 13.8 Å². The molecule has 0 saturated carbocycles. The second-order valence-electron chi connectivity index (χ2n) is 3.19. The first kappa shape index (κ1) is 9.92. The van der Waals surface area contributed by atoms with Gasteiger partial charge in [-0.25, -0.2) is 0 Å². The summed E-state index contributed by atoms with van der Waals surface area (Å²) in [5, 5.41) is 0. The normalized spacial score (nSPS) is 14.1. The van der Waals surface area contributed by atoms with Crippen molar-refractivity contribution in [3.05, 3.63) is 0 Å². The van der Waals surface area contributed by atoms with Crippen LogP contribution in [0.5, 0.6) is 0 Å². The number of ether oxygens (including phenoxy) is 1. The highest BCUT2D eigenvalue weighted by atomic mass is 16.5. The summed E-state index contributed by atoms with van der Waals surface area (Å²) in [6, 6.07) is 0.229. The average Bonchev–Trinajstić information content (AvgIpc) is 1.85. The van der Waals surface area contributed by atoms with E-state index in [2.05, 4.69) is 13.8 Å². The van der Waals surface area contributed by atoms with E-state index in [9.17, 15) is 0 Å². The van der Waals surface area contributed by atoms with Crippen molar-refractivity contribution in [1.29, 1.82) is 0 Å². The minimum Gasteiger partial charge on any atom is -0.383 e. The van der Waals surface area contributed by atoms with Gasteiger partial charge in [-0.3, -0.25) is 0 Å². The van der Waals surface area contributed by atoms with Crippen LogP contribution >= 0.6 is 0 Å². The second kappa shape index (κ2) is 5.69. The van der Waals surface area contributed by atoms with Gasteiger partial charge in [-0.15, -0.1) is 0 Å². The molecule has 0 heterocycles. The fourth-order valence-electron chi connectivity index (χ4n) is 0.845. The summed E-state index contributed by atoms with van der Waals surface area (Å²) in [6.07, 6.45) is 2.27. The summed E-state index contributed by atoms with van der Waals surface area (Å²) < 4.78 is 4.91. The summed E-state index contributed by atoms with van der Waals surface area (Å²) in [6.45, 7) is 5.10. The molecule has 0 spiro atoms. The van der Waals surface area contributed by atoms with Crippen molar-refractivity contribution < 1.29 is 4.74 Å². The first-order chi connectivity index (χ1) is 4.66. The third-order valence-electron chi connectivity index (χ3n) is 1.50. The highest BCUT2D eigenvalue weighted by Gasteiger charge is 2.02. The lowest BCUT2D eigenvalue weighted by molar-refractivity contribution is 0.174. The number of rotatable bonds is 5. The zero-order valence-corrected chi connectivity index (χ0v) is 7.26. The molecule has 0 aliphatic heterocycles. The van der Waals surface area contributed by atoms with Crippen LogP contribution in [0.3, 0.4) is 0 Å². The second-order valence-corrected chi connectivity index (χ2v) is 3.19. The van der Waals surface area contributed by atoms with E-state index in [0.717, 1.165) is 12.3 Å². The Kier molecular flexibility index (Phi) is 5.64. The maximum atomic E-state index is 5.71. The van der Waals surface area contributed by atoms with Crippen LogP contribution in [-0.4, -0.2) is 19.8 Å². The van der Waals surface area contributed by atoms with Crippen LogP contribution in [-0.2, 0) is 4.74 Å². The third-order valence-corrected chi connectivity index (χ3v) is 1.50. The van der Waals surface area contributed by atoms with Crippen LogP contribution in [0.15, 0.2) is 0 Å². The van der Waals surface area contributed by atoms with Crippen molar-refractivity contribution in [1.82, 2.24) is 0 Å². The summed E-state index contributed by atoms with van der Waals surface area (Å²) in [5.41, 5.74) is 5.71. The van der Waals surface area contributed by atoms with Crippen molar-refractivity contribution >= 4 is 0 Å². The SMILES string of the molecule is COC[C@@H](N)CCC(C)C. The monoisotopic (exact) mass is 145 g/mol. The summed E-state index contributed by atoms with van der Waals surface area (Å²) in [5.74, 6) is 0.753. The predicted molar refractivity (Wildman–Crippen MR) is 43.9 cm³/mol. The number of hydrogen-bond acceptors (Lipinski definition) is 2. The molecule has 0 unspecified atom stereocenters. The summed E-state index contributed by atoms with van der Waals surface area (Å²) in [7, 11) is 1.69. The van der Waals surface area contributed by atoms with E-state index in [-0.39, 0.29) is 6.04 Å². The molecule has 0 saturated heterocycles. The molecule has 0 aromatic heterocycles. The van der Waals surface area contributed by atoms with E-state index in [1.807, 2.05) is 0 Å². The average molecular weight is 145 g/mol. The minimum absolute atomic E-state index is 0.229. The van der Waals surface area contributed by atoms with Gasteiger partial charge in [0.15, 0.2) is 0 Å². The van der Waals surface area contributed by atoms with Crippen LogP contribution in [0, 0.1) is 5.92 Å². The number of methoxy groups -OCH3 is 1. The van der Waals surface area contributed by atoms with E-state index in [1.165, 1.54) is 6.42 Å². The van der Waals surface area contributed by atoms with E-state index >= 15 is 0 Å². The molecule has 0 bridgehead atoms. The van der Waals surface area contributed by atoms with Crippen LogP contribution in [0.4, 0.5) is 0 Å². The fraction of sp³-hybridized carbons (Fsp3) is 1.00. The van der Waals surface area contributed by atoms with Crippen molar-refractivity contribution in [2.75, 3.05) is 13.7 Å². The smallest absolute Gasteiger partial charge is 0.0613 e. The zero-order valence-electron chi connectivity index (χ0n) is 7.26. The lowest BCUT2D eigenvalue weighted by atomic mass is 10.0. The Morgan fingerprint density at radius 2 is 1.90 bits per heavy atom. The molecule has 0 rings (SSSR count). The van der Waals surface area contributed by atoms with Crippen molar-refractivity contribution in [2.24, 2.45) is 11.7 Å². The molecule has 0 fully saturated rings. The standard InChI is InChI=1S/C8H19NO/c1-7(2)4-5-8(9)6-10-3/h7-8H,4-6,9H2,1-3H3/t8-/m0/s1. The number of hydrogen-bond donors (Lipinski definition) is 1. The molecule has 0 aromatic carbocycles. The van der Waals surface area contributed by atoms with Gasteiger partial charge >= 0.3 is 0 Å². The zero-order chi connectivity index (χ0) is 7.98. The molecule has 2 N–H and O–H groups in total. The van der Waals surface area contributed by atoms with Gasteiger partial charge in [-0.05, 0) is 18.8 Å². The van der Waals surface area contributed by atoms with Gasteiger partial charge in [-0.2, -0.15) is 0 Å². The molecule has 1 atom stereocenters. The highest BCUT2D eigenvalue weighted by Crippen LogP contribution is 2.05. The van der Waals surface area contributed by atoms with Crippen LogP contribution in [0.1, 0.15) is 26.7 Å². The topological polar surface area (TPSA) is 35.2 Å². The Balaban J connectivity index is 3.12. The van der Waals surface area contributed by atoms with Gasteiger partial charge in [0, 0.05) is 13.2 Å². The third kappa shape index (κ3) is 6.05. The maximum Gasteiger partial charge on any atom is 0.0613 e. The molecular weight excluding hydrogens is 126 g/mol. The van der Waals surface area contributed by atoms with Gasteiger partial charge in [0.25, 0.3) is 0 Å². The van der Waals surface area contributed by atoms with Gasteiger partial charge in [0.1, 0.15) is 0 Å². The van der Waals surface area contributed by atoms with Crippen molar-refractivity contribution in [3.8, 4) is 0 Å². The predicted octanol–water partition coefficient (Wildman–Crippen LogP) is 1.40. The van der Waals surface area contributed by atoms with Crippen LogP contribution in [0.2, 0.25) is 0 Å². The minimum atomic E-state index is 0.229. The quantitative estimate of drug-likeness (QED) is 0.634. The molecule has 0 aliphatic rings. The Labute approximate surface area is 63.7 Å². The van der Waals surface area contributed by atoms with E-state index in [0.29, 0.717) is 6.61 Å². The van der Waals surface area contributed by atoms with Crippen molar-refractivity contribution in [3.63, 3.8) is 0 Å². The molecule has 2 nitrogen and oxygen atoms in total. The maximum absolute atomic E-state index is 5.71. The number of nitrogens with two attached hydrogens (primary N) is 1. The largest absolute Gasteiger partial charge is 0.383 e. The van der Waals surface area contributed by atoms with Crippen molar-refractivity contribution in [2.45, 2.75) is 32.7 Å². The molecule has 0 aromatic rings. The molecule has 2 heteroatoms. The Bertz CT molecular complexity index is 73.7. The first-order valence-corrected chi connectivity index (χ1v) is 3.91. The van der Waals surface area contributed by atoms with Crippen LogP contribution < -0.4 is 5.73 Å². The van der Waals surface area contributed by atoms with Gasteiger partial charge in [0.05, 0.1) is 6.61 Å². The molecule has 10 heavy (non-hydrogen) atoms. The van der Waals surface area contributed by atoms with E-state index in [1.54, 1.807) is 7.11 Å². The Morgan fingerprint density at radius 3 is 2.30 bits per heavy atom. The molecule has 0 radical (unpaired) electrons. The Morgan fingerprint density at radius 1 is 1.30 bits per heavy atom. The first-order valence-electron chi connectivity index (χ1n) is 3.91. The highest BCUT2D eigenvalue weighted by molar-refractivity contribution is 4.60. The van der Waals surface area contributed by atoms with E-state index in [4.69, 9.17) is 10.5 Å². The lowest BCUT2D eigenvalue weighted by Gasteiger charge is -2.11. The molecular formula is C8H19NO. The van der Waals surface area contributed by atoms with Gasteiger partial charge in [0.2, 0.25) is 0 Å². The molecule has 62 valence electrons. The fourth-order valence-corrected chi connectivity index (χ4v) is 0.845. The summed E-state index contributed by atoms with van der Waals surface area (Å²) >= 11 is 0. The summed E-state index contributed by atoms with van der Waals surface area (Å²) in [4.78, 5) is 0.